The second-order valence-electron chi connectivity index (χ2n) is 6.35. The summed E-state index contributed by atoms with van der Waals surface area (Å²) in [6.07, 6.45) is 8.51. The summed E-state index contributed by atoms with van der Waals surface area (Å²) in [6, 6.07) is 0.0183. The van der Waals surface area contributed by atoms with E-state index in [0.717, 1.165) is 18.9 Å². The van der Waals surface area contributed by atoms with Gasteiger partial charge in [0.15, 0.2) is 0 Å². The number of piperidine rings is 1. The highest BCUT2D eigenvalue weighted by Gasteiger charge is 2.32. The van der Waals surface area contributed by atoms with E-state index in [9.17, 15) is 15.3 Å². The zero-order valence-corrected chi connectivity index (χ0v) is 11.9. The van der Waals surface area contributed by atoms with E-state index in [1.807, 2.05) is 0 Å². The Bertz CT molecular complexity index is 256. The molecule has 1 unspecified atom stereocenters. The molecule has 4 heteroatoms. The molecular formula is C15H29NO3. The van der Waals surface area contributed by atoms with Gasteiger partial charge in [0.25, 0.3) is 0 Å². The second kappa shape index (κ2) is 7.58. The molecule has 0 aromatic heterocycles. The summed E-state index contributed by atoms with van der Waals surface area (Å²) in [5, 5.41) is 28.8. The highest BCUT2D eigenvalue weighted by molar-refractivity contribution is 4.86. The average molecular weight is 271 g/mol. The van der Waals surface area contributed by atoms with Crippen molar-refractivity contribution in [3.05, 3.63) is 0 Å². The van der Waals surface area contributed by atoms with E-state index < -0.39 is 12.2 Å². The summed E-state index contributed by atoms with van der Waals surface area (Å²) in [5.41, 5.74) is 0. The minimum atomic E-state index is -0.674. The topological polar surface area (TPSA) is 63.9 Å². The van der Waals surface area contributed by atoms with Crippen LogP contribution < -0.4 is 0 Å². The Hall–Kier alpha value is -0.160. The Morgan fingerprint density at radius 2 is 1.74 bits per heavy atom. The van der Waals surface area contributed by atoms with Crippen LogP contribution in [-0.4, -0.2) is 58.2 Å². The van der Waals surface area contributed by atoms with Gasteiger partial charge in [0, 0.05) is 12.6 Å². The van der Waals surface area contributed by atoms with Gasteiger partial charge in [0.05, 0.1) is 18.8 Å². The average Bonchev–Trinajstić information content (AvgIpc) is 2.43. The molecule has 1 saturated heterocycles. The lowest BCUT2D eigenvalue weighted by Crippen LogP contribution is -2.53. The lowest BCUT2D eigenvalue weighted by atomic mass is 9.86. The van der Waals surface area contributed by atoms with E-state index >= 15 is 0 Å². The van der Waals surface area contributed by atoms with Crippen molar-refractivity contribution in [1.82, 2.24) is 4.90 Å². The van der Waals surface area contributed by atoms with E-state index in [1.54, 1.807) is 0 Å². The molecule has 0 radical (unpaired) electrons. The Morgan fingerprint density at radius 3 is 2.42 bits per heavy atom. The third-order valence-electron chi connectivity index (χ3n) is 4.89. The molecule has 1 aliphatic heterocycles. The normalized spacial score (nSPS) is 34.6. The van der Waals surface area contributed by atoms with E-state index in [1.165, 1.54) is 38.5 Å². The molecule has 1 heterocycles. The first kappa shape index (κ1) is 15.2. The lowest BCUT2D eigenvalue weighted by Gasteiger charge is -2.39. The molecule has 2 aliphatic rings. The molecule has 2 rings (SSSR count). The molecule has 0 spiro atoms. The molecule has 3 N–H and O–H groups in total. The first-order chi connectivity index (χ1) is 9.20. The van der Waals surface area contributed by atoms with Gasteiger partial charge in [0.1, 0.15) is 0 Å². The molecule has 0 amide bonds. The van der Waals surface area contributed by atoms with Gasteiger partial charge < -0.3 is 15.3 Å². The van der Waals surface area contributed by atoms with Gasteiger partial charge in [-0.3, -0.25) is 4.90 Å². The van der Waals surface area contributed by atoms with Crippen LogP contribution in [0.1, 0.15) is 51.4 Å². The Balaban J connectivity index is 1.71. The fraction of sp³-hybridized carbons (Fsp3) is 1.00. The predicted octanol–water partition coefficient (Wildman–Crippen LogP) is 1.14. The van der Waals surface area contributed by atoms with E-state index in [4.69, 9.17) is 0 Å². The first-order valence-corrected chi connectivity index (χ1v) is 7.91. The zero-order valence-electron chi connectivity index (χ0n) is 11.9. The number of aliphatic hydroxyl groups is 3. The summed E-state index contributed by atoms with van der Waals surface area (Å²) < 4.78 is 0. The van der Waals surface area contributed by atoms with Crippen LogP contribution in [0.15, 0.2) is 0 Å². The standard InChI is InChI=1S/C15H29NO3/c17-11-13-9-14(18)15(19)10-16(13)8-4-7-12-5-2-1-3-6-12/h12-15,17-19H,1-11H2/t13-,14?,15+/m1/s1. The van der Waals surface area contributed by atoms with Crippen molar-refractivity contribution in [2.24, 2.45) is 5.92 Å². The molecule has 0 aromatic carbocycles. The molecule has 2 fully saturated rings. The SMILES string of the molecule is OC[C@H]1CC(O)[C@@H](O)CN1CCCC1CCCCC1. The smallest absolute Gasteiger partial charge is 0.0926 e. The predicted molar refractivity (Wildman–Crippen MR) is 74.9 cm³/mol. The number of hydrogen-bond acceptors (Lipinski definition) is 4. The number of nitrogens with zero attached hydrogens (tertiary/aromatic N) is 1. The van der Waals surface area contributed by atoms with Crippen LogP contribution in [0.4, 0.5) is 0 Å². The maximum Gasteiger partial charge on any atom is 0.0926 e. The fourth-order valence-corrected chi connectivity index (χ4v) is 3.62. The quantitative estimate of drug-likeness (QED) is 0.701. The van der Waals surface area contributed by atoms with Crippen molar-refractivity contribution >= 4 is 0 Å². The third-order valence-corrected chi connectivity index (χ3v) is 4.89. The minimum absolute atomic E-state index is 0.0183. The van der Waals surface area contributed by atoms with Crippen LogP contribution in [0.5, 0.6) is 0 Å². The molecule has 1 aliphatic carbocycles. The molecule has 112 valence electrons. The van der Waals surface area contributed by atoms with Crippen molar-refractivity contribution in [1.29, 1.82) is 0 Å². The largest absolute Gasteiger partial charge is 0.395 e. The van der Waals surface area contributed by atoms with Crippen LogP contribution >= 0.6 is 0 Å². The number of β-amino-alcohol motifs (C(OH)–C–C–N with tert-alkyl or cyclic N) is 1. The Kier molecular flexibility index (Phi) is 6.07. The van der Waals surface area contributed by atoms with E-state index in [2.05, 4.69) is 4.90 Å². The molecule has 0 aromatic rings. The molecule has 19 heavy (non-hydrogen) atoms. The van der Waals surface area contributed by atoms with Gasteiger partial charge in [-0.25, -0.2) is 0 Å². The Morgan fingerprint density at radius 1 is 1.00 bits per heavy atom. The fourth-order valence-electron chi connectivity index (χ4n) is 3.62. The number of aliphatic hydroxyl groups excluding tert-OH is 3. The van der Waals surface area contributed by atoms with E-state index in [0.29, 0.717) is 13.0 Å². The highest BCUT2D eigenvalue weighted by Crippen LogP contribution is 2.28. The van der Waals surface area contributed by atoms with Crippen molar-refractivity contribution in [2.45, 2.75) is 69.6 Å². The monoisotopic (exact) mass is 271 g/mol. The third kappa shape index (κ3) is 4.42. The van der Waals surface area contributed by atoms with Crippen LogP contribution in [0.2, 0.25) is 0 Å². The summed E-state index contributed by atoms with van der Waals surface area (Å²) in [4.78, 5) is 2.15. The van der Waals surface area contributed by atoms with Gasteiger partial charge in [0.2, 0.25) is 0 Å². The maximum atomic E-state index is 9.74. The Labute approximate surface area is 116 Å². The van der Waals surface area contributed by atoms with Crippen molar-refractivity contribution in [3.63, 3.8) is 0 Å². The van der Waals surface area contributed by atoms with Gasteiger partial charge in [-0.15, -0.1) is 0 Å². The summed E-state index contributed by atoms with van der Waals surface area (Å²) in [7, 11) is 0. The van der Waals surface area contributed by atoms with Gasteiger partial charge in [-0.1, -0.05) is 32.1 Å². The van der Waals surface area contributed by atoms with Gasteiger partial charge in [-0.2, -0.15) is 0 Å². The summed E-state index contributed by atoms with van der Waals surface area (Å²) in [6.45, 7) is 1.51. The van der Waals surface area contributed by atoms with Crippen molar-refractivity contribution in [2.75, 3.05) is 19.7 Å². The van der Waals surface area contributed by atoms with Gasteiger partial charge >= 0.3 is 0 Å². The van der Waals surface area contributed by atoms with Crippen LogP contribution in [0.25, 0.3) is 0 Å². The molecule has 0 bridgehead atoms. The number of hydrogen-bond donors (Lipinski definition) is 3. The highest BCUT2D eigenvalue weighted by atomic mass is 16.3. The minimum Gasteiger partial charge on any atom is -0.395 e. The molecule has 1 saturated carbocycles. The number of rotatable bonds is 5. The summed E-state index contributed by atoms with van der Waals surface area (Å²) >= 11 is 0. The first-order valence-electron chi connectivity index (χ1n) is 7.91. The maximum absolute atomic E-state index is 9.74. The summed E-state index contributed by atoms with van der Waals surface area (Å²) in [5.74, 6) is 0.890. The molecular weight excluding hydrogens is 242 g/mol. The van der Waals surface area contributed by atoms with Crippen LogP contribution in [0, 0.1) is 5.92 Å². The molecule has 3 atom stereocenters. The second-order valence-corrected chi connectivity index (χ2v) is 6.35. The van der Waals surface area contributed by atoms with E-state index in [-0.39, 0.29) is 12.6 Å². The number of likely N-dealkylation sites (tertiary alicyclic amines) is 1. The van der Waals surface area contributed by atoms with Crippen molar-refractivity contribution < 1.29 is 15.3 Å². The zero-order chi connectivity index (χ0) is 13.7. The van der Waals surface area contributed by atoms with Crippen molar-refractivity contribution in [3.8, 4) is 0 Å². The molecule has 4 nitrogen and oxygen atoms in total. The van der Waals surface area contributed by atoms with Gasteiger partial charge in [-0.05, 0) is 31.7 Å². The van der Waals surface area contributed by atoms with Crippen LogP contribution in [-0.2, 0) is 0 Å². The van der Waals surface area contributed by atoms with Crippen LogP contribution in [0.3, 0.4) is 0 Å². The lowest BCUT2D eigenvalue weighted by molar-refractivity contribution is -0.0712.